The highest BCUT2D eigenvalue weighted by Crippen LogP contribution is 2.23. The molecule has 1 aliphatic carbocycles. The lowest BCUT2D eigenvalue weighted by Gasteiger charge is -2.34. The Bertz CT molecular complexity index is 543. The van der Waals surface area contributed by atoms with Gasteiger partial charge in [0.15, 0.2) is 0 Å². The summed E-state index contributed by atoms with van der Waals surface area (Å²) < 4.78 is 7.23. The van der Waals surface area contributed by atoms with Crippen molar-refractivity contribution in [2.75, 3.05) is 7.11 Å². The highest BCUT2D eigenvalue weighted by atomic mass is 16.5. The standard InChI is InChI=1S/C14H19N3O/c1-17-14-6-4-3-5-12(14)13(16-17)9-15-10-7-11(8-10)18-2/h3-6,10-11,15H,7-9H2,1-2H3. The second kappa shape index (κ2) is 4.71. The molecule has 0 saturated heterocycles. The quantitative estimate of drug-likeness (QED) is 0.893. The monoisotopic (exact) mass is 245 g/mol. The number of benzene rings is 1. The lowest BCUT2D eigenvalue weighted by atomic mass is 9.89. The van der Waals surface area contributed by atoms with Crippen LogP contribution in [-0.2, 0) is 18.3 Å². The number of hydrogen-bond donors (Lipinski definition) is 1. The molecule has 1 N–H and O–H groups in total. The van der Waals surface area contributed by atoms with Gasteiger partial charge < -0.3 is 10.1 Å². The van der Waals surface area contributed by atoms with Crippen LogP contribution in [0.25, 0.3) is 10.9 Å². The predicted octanol–water partition coefficient (Wildman–Crippen LogP) is 1.84. The van der Waals surface area contributed by atoms with Crippen molar-refractivity contribution < 1.29 is 4.74 Å². The Balaban J connectivity index is 1.68. The highest BCUT2D eigenvalue weighted by Gasteiger charge is 2.28. The molecule has 0 bridgehead atoms. The molecule has 4 heteroatoms. The Hall–Kier alpha value is -1.39. The van der Waals surface area contributed by atoms with E-state index in [-0.39, 0.29) is 0 Å². The molecule has 4 nitrogen and oxygen atoms in total. The molecular weight excluding hydrogens is 226 g/mol. The minimum Gasteiger partial charge on any atom is -0.381 e. The van der Waals surface area contributed by atoms with Gasteiger partial charge in [0.1, 0.15) is 0 Å². The number of nitrogens with zero attached hydrogens (tertiary/aromatic N) is 2. The first kappa shape index (κ1) is 11.7. The van der Waals surface area contributed by atoms with E-state index in [2.05, 4.69) is 34.7 Å². The maximum Gasteiger partial charge on any atom is 0.0841 e. The number of hydrogen-bond acceptors (Lipinski definition) is 3. The van der Waals surface area contributed by atoms with Gasteiger partial charge in [-0.2, -0.15) is 5.10 Å². The molecule has 0 radical (unpaired) electrons. The first-order valence-corrected chi connectivity index (χ1v) is 6.44. The smallest absolute Gasteiger partial charge is 0.0841 e. The van der Waals surface area contributed by atoms with Crippen molar-refractivity contribution in [3.63, 3.8) is 0 Å². The van der Waals surface area contributed by atoms with E-state index >= 15 is 0 Å². The van der Waals surface area contributed by atoms with Gasteiger partial charge in [-0.15, -0.1) is 0 Å². The fourth-order valence-electron chi connectivity index (χ4n) is 2.59. The molecule has 2 aromatic rings. The normalized spacial score (nSPS) is 23.2. The summed E-state index contributed by atoms with van der Waals surface area (Å²) >= 11 is 0. The number of nitrogens with one attached hydrogen (secondary N) is 1. The minimum absolute atomic E-state index is 0.447. The summed E-state index contributed by atoms with van der Waals surface area (Å²) in [6.45, 7) is 0.836. The topological polar surface area (TPSA) is 39.1 Å². The Morgan fingerprint density at radius 3 is 2.94 bits per heavy atom. The van der Waals surface area contributed by atoms with Crippen molar-refractivity contribution in [1.29, 1.82) is 0 Å². The van der Waals surface area contributed by atoms with Crippen LogP contribution >= 0.6 is 0 Å². The van der Waals surface area contributed by atoms with Crippen molar-refractivity contribution in [1.82, 2.24) is 15.1 Å². The molecule has 1 saturated carbocycles. The molecule has 1 fully saturated rings. The van der Waals surface area contributed by atoms with Crippen LogP contribution in [0.5, 0.6) is 0 Å². The van der Waals surface area contributed by atoms with E-state index in [4.69, 9.17) is 4.74 Å². The van der Waals surface area contributed by atoms with Crippen LogP contribution in [0.15, 0.2) is 24.3 Å². The average Bonchev–Trinajstić information content (AvgIpc) is 2.66. The molecule has 1 aliphatic rings. The van der Waals surface area contributed by atoms with Gasteiger partial charge in [0.25, 0.3) is 0 Å². The number of aromatic nitrogens is 2. The summed E-state index contributed by atoms with van der Waals surface area (Å²) in [6, 6.07) is 8.94. The Morgan fingerprint density at radius 1 is 1.39 bits per heavy atom. The van der Waals surface area contributed by atoms with Crippen LogP contribution in [0.1, 0.15) is 18.5 Å². The summed E-state index contributed by atoms with van der Waals surface area (Å²) in [7, 11) is 3.78. The Morgan fingerprint density at radius 2 is 2.17 bits per heavy atom. The summed E-state index contributed by atoms with van der Waals surface area (Å²) in [5, 5.41) is 9.38. The van der Waals surface area contributed by atoms with Gasteiger partial charge in [0.2, 0.25) is 0 Å². The molecule has 0 spiro atoms. The molecule has 96 valence electrons. The molecule has 0 amide bonds. The van der Waals surface area contributed by atoms with E-state index in [0.717, 1.165) is 25.1 Å². The van der Waals surface area contributed by atoms with E-state index in [9.17, 15) is 0 Å². The van der Waals surface area contributed by atoms with E-state index in [0.29, 0.717) is 12.1 Å². The Labute approximate surface area is 107 Å². The average molecular weight is 245 g/mol. The predicted molar refractivity (Wildman–Crippen MR) is 71.4 cm³/mol. The van der Waals surface area contributed by atoms with E-state index in [1.165, 1.54) is 10.9 Å². The fraction of sp³-hybridized carbons (Fsp3) is 0.500. The van der Waals surface area contributed by atoms with Gasteiger partial charge in [-0.3, -0.25) is 4.68 Å². The second-order valence-electron chi connectivity index (χ2n) is 4.99. The van der Waals surface area contributed by atoms with Gasteiger partial charge in [0, 0.05) is 32.1 Å². The van der Waals surface area contributed by atoms with E-state index < -0.39 is 0 Å². The largest absolute Gasteiger partial charge is 0.381 e. The third-order valence-electron chi connectivity index (χ3n) is 3.82. The SMILES string of the molecule is COC1CC(NCc2nn(C)c3ccccc23)C1. The van der Waals surface area contributed by atoms with Gasteiger partial charge in [-0.1, -0.05) is 18.2 Å². The summed E-state index contributed by atoms with van der Waals surface area (Å²) in [5.41, 5.74) is 2.33. The minimum atomic E-state index is 0.447. The number of methoxy groups -OCH3 is 1. The molecule has 1 aromatic carbocycles. The van der Waals surface area contributed by atoms with Gasteiger partial charge >= 0.3 is 0 Å². The zero-order valence-electron chi connectivity index (χ0n) is 10.9. The number of fused-ring (bicyclic) bond motifs is 1. The van der Waals surface area contributed by atoms with Crippen molar-refractivity contribution >= 4 is 10.9 Å². The van der Waals surface area contributed by atoms with Crippen molar-refractivity contribution in [3.8, 4) is 0 Å². The van der Waals surface area contributed by atoms with Crippen LogP contribution in [0.2, 0.25) is 0 Å². The second-order valence-corrected chi connectivity index (χ2v) is 4.99. The number of aryl methyl sites for hydroxylation is 1. The molecule has 3 rings (SSSR count). The third kappa shape index (κ3) is 2.02. The molecular formula is C14H19N3O. The van der Waals surface area contributed by atoms with E-state index in [1.807, 2.05) is 11.7 Å². The zero-order valence-corrected chi connectivity index (χ0v) is 10.9. The molecule has 1 heterocycles. The summed E-state index contributed by atoms with van der Waals surface area (Å²) in [5.74, 6) is 0. The molecule has 18 heavy (non-hydrogen) atoms. The highest BCUT2D eigenvalue weighted by molar-refractivity contribution is 5.81. The maximum absolute atomic E-state index is 5.28. The Kier molecular flexibility index (Phi) is 3.06. The van der Waals surface area contributed by atoms with Crippen LogP contribution in [-0.4, -0.2) is 29.0 Å². The van der Waals surface area contributed by atoms with Crippen molar-refractivity contribution in [2.24, 2.45) is 7.05 Å². The first-order chi connectivity index (χ1) is 8.78. The van der Waals surface area contributed by atoms with Crippen LogP contribution in [0.4, 0.5) is 0 Å². The van der Waals surface area contributed by atoms with Crippen LogP contribution in [0, 0.1) is 0 Å². The van der Waals surface area contributed by atoms with E-state index in [1.54, 1.807) is 7.11 Å². The zero-order chi connectivity index (χ0) is 12.5. The molecule has 0 atom stereocenters. The van der Waals surface area contributed by atoms with Crippen LogP contribution in [0.3, 0.4) is 0 Å². The lowest BCUT2D eigenvalue weighted by molar-refractivity contribution is 0.0169. The van der Waals surface area contributed by atoms with Gasteiger partial charge in [-0.25, -0.2) is 0 Å². The number of rotatable bonds is 4. The summed E-state index contributed by atoms with van der Waals surface area (Å²) in [6.07, 6.45) is 2.67. The lowest BCUT2D eigenvalue weighted by Crippen LogP contribution is -2.44. The van der Waals surface area contributed by atoms with Crippen LogP contribution < -0.4 is 5.32 Å². The van der Waals surface area contributed by atoms with Gasteiger partial charge in [0.05, 0.1) is 17.3 Å². The molecule has 0 aliphatic heterocycles. The first-order valence-electron chi connectivity index (χ1n) is 6.44. The fourth-order valence-corrected chi connectivity index (χ4v) is 2.59. The number of para-hydroxylation sites is 1. The summed E-state index contributed by atoms with van der Waals surface area (Å²) in [4.78, 5) is 0. The number of ether oxygens (including phenoxy) is 1. The van der Waals surface area contributed by atoms with Crippen molar-refractivity contribution in [2.45, 2.75) is 31.5 Å². The maximum atomic E-state index is 5.28. The third-order valence-corrected chi connectivity index (χ3v) is 3.82. The van der Waals surface area contributed by atoms with Crippen molar-refractivity contribution in [3.05, 3.63) is 30.0 Å². The van der Waals surface area contributed by atoms with Gasteiger partial charge in [-0.05, 0) is 18.9 Å². The molecule has 0 unspecified atom stereocenters. The molecule has 1 aromatic heterocycles.